The molecule has 0 heterocycles. The van der Waals surface area contributed by atoms with Crippen LogP contribution in [0.3, 0.4) is 0 Å². The van der Waals surface area contributed by atoms with Gasteiger partial charge in [0.15, 0.2) is 0 Å². The zero-order valence-corrected chi connectivity index (χ0v) is 19.6. The Morgan fingerprint density at radius 2 is 1.35 bits per heavy atom. The summed E-state index contributed by atoms with van der Waals surface area (Å²) in [7, 11) is 1.68. The number of ether oxygens (including phenoxy) is 2. The van der Waals surface area contributed by atoms with Crippen molar-refractivity contribution < 1.29 is 9.47 Å². The molecule has 1 atom stereocenters. The van der Waals surface area contributed by atoms with Gasteiger partial charge in [-0.25, -0.2) is 0 Å². The fourth-order valence-electron chi connectivity index (χ4n) is 3.84. The number of hydrogen-bond donors (Lipinski definition) is 0. The van der Waals surface area contributed by atoms with Gasteiger partial charge in [0.05, 0.1) is 0 Å². The van der Waals surface area contributed by atoms with Gasteiger partial charge in [-0.2, -0.15) is 0 Å². The molecule has 23 heavy (non-hydrogen) atoms. The average molecular weight is 433 g/mol. The molecule has 0 N–H and O–H groups in total. The first-order valence-corrected chi connectivity index (χ1v) is 17.5. The minimum absolute atomic E-state index is 0.364. The van der Waals surface area contributed by atoms with Gasteiger partial charge in [0.2, 0.25) is 0 Å². The van der Waals surface area contributed by atoms with Crippen molar-refractivity contribution in [3.05, 3.63) is 12.3 Å². The number of hydrogen-bond acceptors (Lipinski definition) is 2. The summed E-state index contributed by atoms with van der Waals surface area (Å²) in [5.41, 5.74) is 0. The van der Waals surface area contributed by atoms with Gasteiger partial charge in [0.1, 0.15) is 0 Å². The molecule has 0 spiro atoms. The molecule has 0 amide bonds. The molecule has 0 fully saturated rings. The van der Waals surface area contributed by atoms with E-state index >= 15 is 0 Å². The molecule has 138 valence electrons. The summed E-state index contributed by atoms with van der Waals surface area (Å²) < 4.78 is 16.0. The Kier molecular flexibility index (Phi) is 14.8. The Morgan fingerprint density at radius 1 is 0.870 bits per heavy atom. The van der Waals surface area contributed by atoms with Gasteiger partial charge >= 0.3 is 150 Å². The monoisotopic (exact) mass is 434 g/mol. The van der Waals surface area contributed by atoms with E-state index in [0.29, 0.717) is 6.79 Å². The molecule has 0 bridgehead atoms. The van der Waals surface area contributed by atoms with Gasteiger partial charge in [0, 0.05) is 0 Å². The molecule has 0 aliphatic rings. The van der Waals surface area contributed by atoms with Crippen LogP contribution in [0, 0.1) is 5.92 Å². The molecule has 0 aliphatic carbocycles. The zero-order valence-electron chi connectivity index (χ0n) is 16.7. The van der Waals surface area contributed by atoms with Crippen LogP contribution in [0.25, 0.3) is 0 Å². The topological polar surface area (TPSA) is 18.5 Å². The van der Waals surface area contributed by atoms with E-state index in [2.05, 4.69) is 40.7 Å². The predicted molar refractivity (Wildman–Crippen MR) is 106 cm³/mol. The van der Waals surface area contributed by atoms with E-state index in [1.807, 2.05) is 6.26 Å². The SMILES string of the molecule is CCC[CH2][Sn]([CH2]CCC)([CH2]CCC)[CH](/C=C\OCOC)C(C)C. The first-order chi connectivity index (χ1) is 11.1. The molecule has 3 heteroatoms. The quantitative estimate of drug-likeness (QED) is 0.120. The van der Waals surface area contributed by atoms with Crippen LogP contribution in [0.2, 0.25) is 17.2 Å². The first kappa shape index (κ1) is 23.3. The van der Waals surface area contributed by atoms with Gasteiger partial charge in [0.25, 0.3) is 0 Å². The fourth-order valence-corrected chi connectivity index (χ4v) is 23.3. The summed E-state index contributed by atoms with van der Waals surface area (Å²) in [6.07, 6.45) is 12.7. The van der Waals surface area contributed by atoms with Crippen molar-refractivity contribution in [1.29, 1.82) is 0 Å². The molecule has 0 radical (unpaired) electrons. The van der Waals surface area contributed by atoms with E-state index in [-0.39, 0.29) is 0 Å². The van der Waals surface area contributed by atoms with Crippen LogP contribution in [0.4, 0.5) is 0 Å². The van der Waals surface area contributed by atoms with Crippen molar-refractivity contribution in [2.24, 2.45) is 5.92 Å². The van der Waals surface area contributed by atoms with Crippen molar-refractivity contribution in [2.45, 2.75) is 90.4 Å². The summed E-state index contributed by atoms with van der Waals surface area (Å²) >= 11 is -2.22. The van der Waals surface area contributed by atoms with Crippen molar-refractivity contribution in [3.63, 3.8) is 0 Å². The van der Waals surface area contributed by atoms with E-state index in [1.54, 1.807) is 20.4 Å². The second-order valence-corrected chi connectivity index (χ2v) is 21.3. The number of allylic oxidation sites excluding steroid dienone is 1. The molecule has 0 saturated heterocycles. The third kappa shape index (κ3) is 9.38. The third-order valence-electron chi connectivity index (χ3n) is 5.08. The summed E-state index contributed by atoms with van der Waals surface area (Å²) in [6, 6.07) is 0. The standard InChI is InChI=1S/C8H15O2.3C4H9.Sn/c1-8(2)5-4-6-10-7-9-3;3*1-3-4-2;/h4-6,8H,7H2,1-3H3;3*1,3-4H2,2H3;/b6-4-;;;;. The molecular weight excluding hydrogens is 391 g/mol. The molecule has 0 aromatic rings. The van der Waals surface area contributed by atoms with E-state index in [0.717, 1.165) is 9.85 Å². The maximum absolute atomic E-state index is 5.50. The summed E-state index contributed by atoms with van der Waals surface area (Å²) in [5.74, 6) is 0.735. The Hall–Kier alpha value is 0.299. The van der Waals surface area contributed by atoms with Crippen LogP contribution in [-0.2, 0) is 9.47 Å². The Balaban J connectivity index is 5.32. The molecule has 0 aliphatic heterocycles. The Labute approximate surface area is 150 Å². The van der Waals surface area contributed by atoms with E-state index < -0.39 is 18.4 Å². The van der Waals surface area contributed by atoms with Crippen molar-refractivity contribution in [1.82, 2.24) is 0 Å². The van der Waals surface area contributed by atoms with Crippen LogP contribution in [-0.4, -0.2) is 32.3 Å². The molecule has 2 nitrogen and oxygen atoms in total. The number of rotatable bonds is 15. The van der Waals surface area contributed by atoms with Crippen LogP contribution in [0.1, 0.15) is 73.1 Å². The second-order valence-electron chi connectivity index (χ2n) is 7.34. The molecular formula is C20H42O2Sn. The minimum atomic E-state index is -2.22. The van der Waals surface area contributed by atoms with Crippen LogP contribution >= 0.6 is 0 Å². The van der Waals surface area contributed by atoms with Crippen LogP contribution < -0.4 is 0 Å². The molecule has 0 saturated carbocycles. The van der Waals surface area contributed by atoms with Gasteiger partial charge in [-0.1, -0.05) is 0 Å². The van der Waals surface area contributed by atoms with Crippen molar-refractivity contribution >= 4 is 18.4 Å². The predicted octanol–water partition coefficient (Wildman–Crippen LogP) is 7.00. The summed E-state index contributed by atoms with van der Waals surface area (Å²) in [4.78, 5) is 0. The number of methoxy groups -OCH3 is 1. The average Bonchev–Trinajstić information content (AvgIpc) is 2.55. The first-order valence-electron chi connectivity index (χ1n) is 9.85. The van der Waals surface area contributed by atoms with Crippen LogP contribution in [0.5, 0.6) is 0 Å². The number of unbranched alkanes of at least 4 members (excludes halogenated alkanes) is 3. The van der Waals surface area contributed by atoms with Crippen molar-refractivity contribution in [3.8, 4) is 0 Å². The van der Waals surface area contributed by atoms with Crippen LogP contribution in [0.15, 0.2) is 12.3 Å². The van der Waals surface area contributed by atoms with Crippen molar-refractivity contribution in [2.75, 3.05) is 13.9 Å². The molecule has 0 aromatic heterocycles. The van der Waals surface area contributed by atoms with E-state index in [4.69, 9.17) is 9.47 Å². The molecule has 1 unspecified atom stereocenters. The Morgan fingerprint density at radius 3 is 1.70 bits per heavy atom. The fraction of sp³-hybridized carbons (Fsp3) is 0.900. The normalized spacial score (nSPS) is 13.9. The second kappa shape index (κ2) is 14.6. The third-order valence-corrected chi connectivity index (χ3v) is 23.1. The summed E-state index contributed by atoms with van der Waals surface area (Å²) in [5, 5.41) is 0. The molecule has 0 aromatic carbocycles. The Bertz CT molecular complexity index is 268. The van der Waals surface area contributed by atoms with Gasteiger partial charge in [-0.15, -0.1) is 0 Å². The maximum atomic E-state index is 5.50. The van der Waals surface area contributed by atoms with E-state index in [9.17, 15) is 0 Å². The van der Waals surface area contributed by atoms with Gasteiger partial charge < -0.3 is 0 Å². The van der Waals surface area contributed by atoms with E-state index in [1.165, 1.54) is 38.5 Å². The van der Waals surface area contributed by atoms with Gasteiger partial charge in [-0.05, 0) is 0 Å². The summed E-state index contributed by atoms with van der Waals surface area (Å²) in [6.45, 7) is 12.2. The van der Waals surface area contributed by atoms with Gasteiger partial charge in [-0.3, -0.25) is 0 Å². The zero-order chi connectivity index (χ0) is 17.6. The molecule has 0 rings (SSSR count).